The molecule has 2 fully saturated rings. The lowest BCUT2D eigenvalue weighted by atomic mass is 9.71. The molecule has 1 heteroatoms. The van der Waals surface area contributed by atoms with Gasteiger partial charge in [0, 0.05) is 4.83 Å². The van der Waals surface area contributed by atoms with Gasteiger partial charge in [-0.25, -0.2) is 0 Å². The molecule has 2 saturated carbocycles. The number of hydrogen-bond acceptors (Lipinski definition) is 0. The minimum atomic E-state index is 0.584. The third kappa shape index (κ3) is 0.811. The van der Waals surface area contributed by atoms with Gasteiger partial charge in [0.05, 0.1) is 0 Å². The van der Waals surface area contributed by atoms with Crippen LogP contribution < -0.4 is 0 Å². The smallest absolute Gasteiger partial charge is 0.0184 e. The van der Waals surface area contributed by atoms with Gasteiger partial charge in [-0.1, -0.05) is 36.7 Å². The van der Waals surface area contributed by atoms with E-state index in [4.69, 9.17) is 0 Å². The Hall–Kier alpha value is 0.480. The molecule has 0 aromatic rings. The van der Waals surface area contributed by atoms with Crippen molar-refractivity contribution in [2.75, 3.05) is 0 Å². The molecule has 0 spiro atoms. The summed E-state index contributed by atoms with van der Waals surface area (Å²) in [5.41, 5.74) is 1.22. The van der Waals surface area contributed by atoms with Crippen LogP contribution in [0.25, 0.3) is 0 Å². The number of halogens is 1. The molecule has 2 aliphatic carbocycles. The molecule has 0 saturated heterocycles. The number of hydrogen-bond donors (Lipinski definition) is 0. The lowest BCUT2D eigenvalue weighted by molar-refractivity contribution is 0.152. The Morgan fingerprint density at radius 1 is 1.27 bits per heavy atom. The van der Waals surface area contributed by atoms with Crippen molar-refractivity contribution in [1.29, 1.82) is 0 Å². The zero-order valence-corrected chi connectivity index (χ0v) is 9.24. The van der Waals surface area contributed by atoms with Gasteiger partial charge in [0.2, 0.25) is 0 Å². The third-order valence-corrected chi connectivity index (χ3v) is 5.53. The summed E-state index contributed by atoms with van der Waals surface area (Å²) in [6.07, 6.45) is 4.29. The van der Waals surface area contributed by atoms with Gasteiger partial charge in [-0.2, -0.15) is 0 Å². The summed E-state index contributed by atoms with van der Waals surface area (Å²) in [6.45, 7) is 7.37. The molecule has 0 aromatic heterocycles. The van der Waals surface area contributed by atoms with Gasteiger partial charge in [-0.15, -0.1) is 0 Å². The quantitative estimate of drug-likeness (QED) is 0.544. The lowest BCUT2D eigenvalue weighted by Gasteiger charge is -2.34. The summed E-state index contributed by atoms with van der Waals surface area (Å²) in [7, 11) is 0. The van der Waals surface area contributed by atoms with Gasteiger partial charge >= 0.3 is 0 Å². The lowest BCUT2D eigenvalue weighted by Crippen LogP contribution is -2.26. The van der Waals surface area contributed by atoms with Crippen molar-refractivity contribution in [3.8, 4) is 0 Å². The topological polar surface area (TPSA) is 0 Å². The standard InChI is InChI=1S/C10H17Br/c1-9(2)7-4-5-10(9,3)6-8(7)11/h7-8H,4-6H2,1-3H3/t7-,8?,10+/m0/s1. The van der Waals surface area contributed by atoms with Crippen molar-refractivity contribution in [3.63, 3.8) is 0 Å². The number of fused-ring (bicyclic) bond motifs is 2. The first-order chi connectivity index (χ1) is 4.97. The van der Waals surface area contributed by atoms with Crippen LogP contribution in [0.3, 0.4) is 0 Å². The second-order valence-electron chi connectivity index (χ2n) is 5.15. The third-order valence-electron chi connectivity index (χ3n) is 4.57. The molecular weight excluding hydrogens is 200 g/mol. The van der Waals surface area contributed by atoms with Gasteiger partial charge in [-0.3, -0.25) is 0 Å². The fourth-order valence-electron chi connectivity index (χ4n) is 3.18. The highest BCUT2D eigenvalue weighted by Crippen LogP contribution is 2.66. The van der Waals surface area contributed by atoms with Crippen molar-refractivity contribution in [3.05, 3.63) is 0 Å². The van der Waals surface area contributed by atoms with Crippen molar-refractivity contribution in [2.45, 2.75) is 44.9 Å². The van der Waals surface area contributed by atoms with Gasteiger partial charge < -0.3 is 0 Å². The van der Waals surface area contributed by atoms with Crippen LogP contribution in [0.5, 0.6) is 0 Å². The molecular formula is C10H17Br. The normalized spacial score (nSPS) is 53.5. The Labute approximate surface area is 77.9 Å². The number of alkyl halides is 1. The maximum absolute atomic E-state index is 3.81. The van der Waals surface area contributed by atoms with E-state index in [2.05, 4.69) is 36.7 Å². The molecule has 0 nitrogen and oxygen atoms in total. The largest absolute Gasteiger partial charge is 0.0887 e. The molecule has 3 atom stereocenters. The van der Waals surface area contributed by atoms with Crippen LogP contribution in [0.2, 0.25) is 0 Å². The van der Waals surface area contributed by atoms with E-state index in [1.165, 1.54) is 19.3 Å². The molecule has 0 heterocycles. The van der Waals surface area contributed by atoms with Crippen LogP contribution in [0.4, 0.5) is 0 Å². The van der Waals surface area contributed by atoms with Gasteiger partial charge in [0.1, 0.15) is 0 Å². The highest BCUT2D eigenvalue weighted by atomic mass is 79.9. The van der Waals surface area contributed by atoms with Crippen LogP contribution in [-0.4, -0.2) is 4.83 Å². The highest BCUT2D eigenvalue weighted by Gasteiger charge is 2.59. The Morgan fingerprint density at radius 3 is 2.09 bits per heavy atom. The Balaban J connectivity index is 2.37. The molecule has 0 aliphatic heterocycles. The van der Waals surface area contributed by atoms with Crippen LogP contribution in [0.1, 0.15) is 40.0 Å². The molecule has 1 unspecified atom stereocenters. The first kappa shape index (κ1) is 8.10. The summed E-state index contributed by atoms with van der Waals surface area (Å²) < 4.78 is 0. The molecule has 0 amide bonds. The molecule has 11 heavy (non-hydrogen) atoms. The maximum Gasteiger partial charge on any atom is 0.0184 e. The zero-order valence-electron chi connectivity index (χ0n) is 7.65. The van der Waals surface area contributed by atoms with Gasteiger partial charge in [-0.05, 0) is 36.0 Å². The van der Waals surface area contributed by atoms with E-state index in [9.17, 15) is 0 Å². The fraction of sp³-hybridized carbons (Fsp3) is 1.00. The van der Waals surface area contributed by atoms with Crippen LogP contribution in [0.15, 0.2) is 0 Å². The Morgan fingerprint density at radius 2 is 1.91 bits per heavy atom. The van der Waals surface area contributed by atoms with E-state index in [0.717, 1.165) is 10.7 Å². The second-order valence-corrected chi connectivity index (χ2v) is 6.32. The first-order valence-corrected chi connectivity index (χ1v) is 5.53. The van der Waals surface area contributed by atoms with Gasteiger partial charge in [0.25, 0.3) is 0 Å². The first-order valence-electron chi connectivity index (χ1n) is 4.61. The SMILES string of the molecule is CC1(C)[C@H]2CC[C@]1(C)CC2Br. The van der Waals surface area contributed by atoms with E-state index >= 15 is 0 Å². The molecule has 2 aliphatic rings. The van der Waals surface area contributed by atoms with Crippen LogP contribution in [0, 0.1) is 16.7 Å². The zero-order chi connectivity index (χ0) is 8.28. The van der Waals surface area contributed by atoms with Crippen molar-refractivity contribution in [2.24, 2.45) is 16.7 Å². The van der Waals surface area contributed by atoms with Crippen molar-refractivity contribution < 1.29 is 0 Å². The monoisotopic (exact) mass is 216 g/mol. The number of rotatable bonds is 0. The van der Waals surface area contributed by atoms with E-state index in [0.29, 0.717) is 10.8 Å². The second kappa shape index (κ2) is 2.04. The highest BCUT2D eigenvalue weighted by molar-refractivity contribution is 9.09. The molecule has 64 valence electrons. The van der Waals surface area contributed by atoms with E-state index in [1.54, 1.807) is 0 Å². The van der Waals surface area contributed by atoms with Crippen molar-refractivity contribution >= 4 is 15.9 Å². The summed E-state index contributed by atoms with van der Waals surface area (Å²) in [6, 6.07) is 0. The van der Waals surface area contributed by atoms with E-state index in [1.807, 2.05) is 0 Å². The van der Waals surface area contributed by atoms with E-state index in [-0.39, 0.29) is 0 Å². The van der Waals surface area contributed by atoms with Gasteiger partial charge in [0.15, 0.2) is 0 Å². The Bertz CT molecular complexity index is 183. The van der Waals surface area contributed by atoms with E-state index < -0.39 is 0 Å². The molecule has 2 bridgehead atoms. The van der Waals surface area contributed by atoms with Crippen LogP contribution in [-0.2, 0) is 0 Å². The summed E-state index contributed by atoms with van der Waals surface area (Å²) in [5, 5.41) is 0. The molecule has 0 radical (unpaired) electrons. The predicted molar refractivity (Wildman–Crippen MR) is 51.9 cm³/mol. The fourth-order valence-corrected chi connectivity index (χ4v) is 4.82. The van der Waals surface area contributed by atoms with Crippen molar-refractivity contribution in [1.82, 2.24) is 0 Å². The average molecular weight is 217 g/mol. The minimum absolute atomic E-state index is 0.584. The Kier molecular flexibility index (Phi) is 1.50. The van der Waals surface area contributed by atoms with Crippen LogP contribution >= 0.6 is 15.9 Å². The minimum Gasteiger partial charge on any atom is -0.0887 e. The summed E-state index contributed by atoms with van der Waals surface area (Å²) >= 11 is 3.81. The molecule has 2 rings (SSSR count). The average Bonchev–Trinajstić information content (AvgIpc) is 2.13. The maximum atomic E-state index is 3.81. The summed E-state index contributed by atoms with van der Waals surface area (Å²) in [4.78, 5) is 0.802. The molecule has 0 aromatic carbocycles. The predicted octanol–water partition coefficient (Wildman–Crippen LogP) is 3.60. The summed E-state index contributed by atoms with van der Waals surface area (Å²) in [5.74, 6) is 0.937. The molecule has 0 N–H and O–H groups in total.